The number of nitrogens with one attached hydrogen (secondary N) is 1. The highest BCUT2D eigenvalue weighted by molar-refractivity contribution is 7.92. The summed E-state index contributed by atoms with van der Waals surface area (Å²) in [5.41, 5.74) is 0.765. The third-order valence-electron chi connectivity index (χ3n) is 6.34. The highest BCUT2D eigenvalue weighted by Crippen LogP contribution is 2.33. The van der Waals surface area contributed by atoms with Crippen molar-refractivity contribution in [1.29, 1.82) is 0 Å². The molecule has 0 saturated carbocycles. The number of anilines is 1. The SMILES string of the molecule is CC[C@H](C(=O)NCC(C)C)N(Cc1cccc(OC)c1)C(=O)CN(c1cc(Cl)ccc1Cl)S(=O)(=O)c1ccccc1. The van der Waals surface area contributed by atoms with Crippen molar-refractivity contribution in [1.82, 2.24) is 10.2 Å². The van der Waals surface area contributed by atoms with Gasteiger partial charge in [-0.15, -0.1) is 0 Å². The minimum Gasteiger partial charge on any atom is -0.497 e. The zero-order valence-corrected chi connectivity index (χ0v) is 25.8. The van der Waals surface area contributed by atoms with E-state index in [0.717, 1.165) is 4.31 Å². The molecule has 1 atom stereocenters. The molecule has 220 valence electrons. The molecule has 0 radical (unpaired) electrons. The summed E-state index contributed by atoms with van der Waals surface area (Å²) in [5.74, 6) is -0.118. The van der Waals surface area contributed by atoms with Gasteiger partial charge in [-0.05, 0) is 60.4 Å². The zero-order valence-electron chi connectivity index (χ0n) is 23.5. The summed E-state index contributed by atoms with van der Waals surface area (Å²) in [6.07, 6.45) is 0.309. The Labute approximate surface area is 252 Å². The number of nitrogens with zero attached hydrogens (tertiary/aromatic N) is 2. The second-order valence-corrected chi connectivity index (χ2v) is 12.6. The molecule has 0 aliphatic carbocycles. The van der Waals surface area contributed by atoms with Crippen LogP contribution < -0.4 is 14.4 Å². The number of carbonyl (C=O) groups excluding carboxylic acids is 2. The number of hydrogen-bond donors (Lipinski definition) is 1. The summed E-state index contributed by atoms with van der Waals surface area (Å²) in [4.78, 5) is 28.8. The van der Waals surface area contributed by atoms with Crippen LogP contribution in [0.25, 0.3) is 0 Å². The van der Waals surface area contributed by atoms with Crippen LogP contribution in [0.2, 0.25) is 10.0 Å². The average Bonchev–Trinajstić information content (AvgIpc) is 2.96. The lowest BCUT2D eigenvalue weighted by molar-refractivity contribution is -0.140. The quantitative estimate of drug-likeness (QED) is 0.262. The van der Waals surface area contributed by atoms with Crippen molar-refractivity contribution in [2.45, 2.75) is 44.7 Å². The van der Waals surface area contributed by atoms with Crippen molar-refractivity contribution in [2.24, 2.45) is 5.92 Å². The first kappa shape index (κ1) is 32.2. The molecule has 0 aromatic heterocycles. The molecule has 0 heterocycles. The Hall–Kier alpha value is -3.27. The normalized spacial score (nSPS) is 12.1. The van der Waals surface area contributed by atoms with Gasteiger partial charge < -0.3 is 15.0 Å². The summed E-state index contributed by atoms with van der Waals surface area (Å²) < 4.78 is 34.1. The van der Waals surface area contributed by atoms with Gasteiger partial charge in [0, 0.05) is 18.1 Å². The first-order chi connectivity index (χ1) is 19.5. The van der Waals surface area contributed by atoms with E-state index in [4.69, 9.17) is 27.9 Å². The van der Waals surface area contributed by atoms with E-state index in [1.807, 2.05) is 19.9 Å². The van der Waals surface area contributed by atoms with E-state index < -0.39 is 28.5 Å². The summed E-state index contributed by atoms with van der Waals surface area (Å²) in [5, 5.41) is 3.25. The van der Waals surface area contributed by atoms with Crippen LogP contribution in [-0.4, -0.2) is 51.4 Å². The number of amides is 2. The Bertz CT molecular complexity index is 1450. The van der Waals surface area contributed by atoms with Gasteiger partial charge in [-0.1, -0.05) is 74.3 Å². The maximum Gasteiger partial charge on any atom is 0.264 e. The molecule has 41 heavy (non-hydrogen) atoms. The van der Waals surface area contributed by atoms with E-state index in [0.29, 0.717) is 24.3 Å². The van der Waals surface area contributed by atoms with Gasteiger partial charge in [0.25, 0.3) is 10.0 Å². The molecule has 3 aromatic carbocycles. The second-order valence-electron chi connectivity index (χ2n) is 9.86. The van der Waals surface area contributed by atoms with Gasteiger partial charge in [-0.3, -0.25) is 13.9 Å². The summed E-state index contributed by atoms with van der Waals surface area (Å²) in [6, 6.07) is 18.4. The monoisotopic (exact) mass is 619 g/mol. The molecule has 0 fully saturated rings. The van der Waals surface area contributed by atoms with Gasteiger partial charge in [0.05, 0.1) is 22.7 Å². The summed E-state index contributed by atoms with van der Waals surface area (Å²) >= 11 is 12.7. The van der Waals surface area contributed by atoms with Crippen LogP contribution in [0, 0.1) is 5.92 Å². The van der Waals surface area contributed by atoms with Crippen molar-refractivity contribution in [2.75, 3.05) is 24.5 Å². The number of sulfonamides is 1. The predicted molar refractivity (Wildman–Crippen MR) is 163 cm³/mol. The van der Waals surface area contributed by atoms with Crippen molar-refractivity contribution in [3.63, 3.8) is 0 Å². The van der Waals surface area contributed by atoms with Crippen LogP contribution >= 0.6 is 23.2 Å². The van der Waals surface area contributed by atoms with Gasteiger partial charge in [0.15, 0.2) is 0 Å². The fourth-order valence-electron chi connectivity index (χ4n) is 4.22. The molecule has 11 heteroatoms. The molecule has 3 rings (SSSR count). The third kappa shape index (κ3) is 8.38. The molecule has 3 aromatic rings. The Morgan fingerprint density at radius 1 is 0.976 bits per heavy atom. The van der Waals surface area contributed by atoms with Gasteiger partial charge in [-0.25, -0.2) is 8.42 Å². The largest absolute Gasteiger partial charge is 0.497 e. The number of halogens is 2. The molecule has 0 aliphatic heterocycles. The lowest BCUT2D eigenvalue weighted by Gasteiger charge is -2.33. The minimum absolute atomic E-state index is 0.0232. The van der Waals surface area contributed by atoms with E-state index in [9.17, 15) is 18.0 Å². The van der Waals surface area contributed by atoms with Crippen LogP contribution in [0.3, 0.4) is 0 Å². The van der Waals surface area contributed by atoms with Crippen LogP contribution in [0.4, 0.5) is 5.69 Å². The molecular formula is C30H35Cl2N3O5S. The van der Waals surface area contributed by atoms with Crippen molar-refractivity contribution in [3.05, 3.63) is 88.4 Å². The fraction of sp³-hybridized carbons (Fsp3) is 0.333. The number of hydrogen-bond acceptors (Lipinski definition) is 5. The predicted octanol–water partition coefficient (Wildman–Crippen LogP) is 5.78. The van der Waals surface area contributed by atoms with Crippen molar-refractivity contribution < 1.29 is 22.7 Å². The lowest BCUT2D eigenvalue weighted by Crippen LogP contribution is -2.52. The molecular weight excluding hydrogens is 585 g/mol. The molecule has 0 spiro atoms. The Morgan fingerprint density at radius 3 is 2.32 bits per heavy atom. The molecule has 0 saturated heterocycles. The fourth-order valence-corrected chi connectivity index (χ4v) is 6.10. The number of benzene rings is 3. The van der Waals surface area contributed by atoms with E-state index >= 15 is 0 Å². The van der Waals surface area contributed by atoms with E-state index in [2.05, 4.69) is 5.32 Å². The van der Waals surface area contributed by atoms with Crippen LogP contribution in [0.1, 0.15) is 32.8 Å². The van der Waals surface area contributed by atoms with Gasteiger partial charge in [0.1, 0.15) is 18.3 Å². The third-order valence-corrected chi connectivity index (χ3v) is 8.67. The number of rotatable bonds is 13. The van der Waals surface area contributed by atoms with E-state index in [1.165, 1.54) is 42.3 Å². The van der Waals surface area contributed by atoms with Crippen LogP contribution in [0.15, 0.2) is 77.7 Å². The molecule has 1 N–H and O–H groups in total. The Kier molecular flexibility index (Phi) is 11.5. The zero-order chi connectivity index (χ0) is 30.2. The first-order valence-corrected chi connectivity index (χ1v) is 15.4. The highest BCUT2D eigenvalue weighted by atomic mass is 35.5. The number of carbonyl (C=O) groups is 2. The smallest absolute Gasteiger partial charge is 0.264 e. The van der Waals surface area contributed by atoms with E-state index in [1.54, 1.807) is 43.3 Å². The van der Waals surface area contributed by atoms with Gasteiger partial charge in [0.2, 0.25) is 11.8 Å². The number of methoxy groups -OCH3 is 1. The minimum atomic E-state index is -4.26. The average molecular weight is 621 g/mol. The molecule has 8 nitrogen and oxygen atoms in total. The standard InChI is InChI=1S/C30H35Cl2N3O5S/c1-5-27(30(37)33-18-21(2)3)34(19-22-10-9-11-24(16-22)40-4)29(36)20-35(28-17-23(31)14-15-26(28)32)41(38,39)25-12-7-6-8-13-25/h6-17,21,27H,5,18-20H2,1-4H3,(H,33,37)/t27-/m1/s1. The molecule has 0 unspecified atom stereocenters. The summed E-state index contributed by atoms with van der Waals surface area (Å²) in [7, 11) is -2.72. The maximum absolute atomic E-state index is 14.1. The first-order valence-electron chi connectivity index (χ1n) is 13.2. The maximum atomic E-state index is 14.1. The van der Waals surface area contributed by atoms with Crippen LogP contribution in [0.5, 0.6) is 5.75 Å². The van der Waals surface area contributed by atoms with Crippen LogP contribution in [-0.2, 0) is 26.2 Å². The molecule has 0 aliphatic rings. The lowest BCUT2D eigenvalue weighted by atomic mass is 10.1. The van der Waals surface area contributed by atoms with E-state index in [-0.39, 0.29) is 39.0 Å². The van der Waals surface area contributed by atoms with Gasteiger partial charge >= 0.3 is 0 Å². The topological polar surface area (TPSA) is 96.0 Å². The van der Waals surface area contributed by atoms with Gasteiger partial charge in [-0.2, -0.15) is 0 Å². The Balaban J connectivity index is 2.09. The molecule has 0 bridgehead atoms. The Morgan fingerprint density at radius 2 is 1.68 bits per heavy atom. The van der Waals surface area contributed by atoms with Crippen molar-refractivity contribution in [3.8, 4) is 5.75 Å². The summed E-state index contributed by atoms with van der Waals surface area (Å²) in [6.45, 7) is 5.62. The molecule has 2 amide bonds. The second kappa shape index (κ2) is 14.6. The van der Waals surface area contributed by atoms with Crippen molar-refractivity contribution >= 4 is 50.7 Å². The number of ether oxygens (including phenoxy) is 1. The highest BCUT2D eigenvalue weighted by Gasteiger charge is 2.34.